The summed E-state index contributed by atoms with van der Waals surface area (Å²) in [6.45, 7) is 1.60. The largest absolute Gasteiger partial charge is 0.416 e. The first-order valence-electron chi connectivity index (χ1n) is 8.65. The molecular weight excluding hydrogens is 474 g/mol. The van der Waals surface area contributed by atoms with E-state index in [0.29, 0.717) is 50.3 Å². The highest BCUT2D eigenvalue weighted by molar-refractivity contribution is 14.1. The molecule has 5 nitrogen and oxygen atoms in total. The van der Waals surface area contributed by atoms with Gasteiger partial charge in [0.1, 0.15) is 0 Å². The van der Waals surface area contributed by atoms with Gasteiger partial charge in [0.15, 0.2) is 5.69 Å². The Morgan fingerprint density at radius 1 is 1.33 bits per heavy atom. The number of aryl methyl sites for hydroxylation is 1. The molecule has 2 aliphatic rings. The fourth-order valence-electron chi connectivity index (χ4n) is 3.57. The van der Waals surface area contributed by atoms with Crippen LogP contribution in [0.4, 0.5) is 13.2 Å². The zero-order valence-corrected chi connectivity index (χ0v) is 16.4. The Labute approximate surface area is 167 Å². The molecule has 0 fully saturated rings. The molecule has 1 amide bonds. The van der Waals surface area contributed by atoms with Crippen LogP contribution >= 0.6 is 22.6 Å². The van der Waals surface area contributed by atoms with Crippen LogP contribution in [-0.2, 0) is 36.9 Å². The Morgan fingerprint density at radius 3 is 2.89 bits per heavy atom. The second kappa shape index (κ2) is 7.08. The standard InChI is InChI=1S/C18H17F3IN3O2/c19-18(20,21)12-3-1-10-2-4-13(8-11(10)7-12)23-17(26)16-15(22)14-9-27-6-5-25(14)24-16/h1,3,7,13H,2,4-6,8-9H2,(H,23,26)/t13-/m0/s1. The zero-order chi connectivity index (χ0) is 19.2. The molecule has 2 aromatic rings. The maximum atomic E-state index is 13.0. The second-order valence-electron chi connectivity index (χ2n) is 6.78. The molecule has 144 valence electrons. The number of hydrogen-bond acceptors (Lipinski definition) is 3. The van der Waals surface area contributed by atoms with Gasteiger partial charge in [-0.15, -0.1) is 0 Å². The Kier molecular flexibility index (Phi) is 4.91. The summed E-state index contributed by atoms with van der Waals surface area (Å²) in [6, 6.07) is 3.66. The van der Waals surface area contributed by atoms with Crippen LogP contribution in [0, 0.1) is 3.57 Å². The van der Waals surface area contributed by atoms with Crippen LogP contribution in [0.5, 0.6) is 0 Å². The van der Waals surface area contributed by atoms with E-state index in [2.05, 4.69) is 33.0 Å². The second-order valence-corrected chi connectivity index (χ2v) is 7.86. The molecule has 0 saturated carbocycles. The van der Waals surface area contributed by atoms with Crippen molar-refractivity contribution in [1.29, 1.82) is 0 Å². The van der Waals surface area contributed by atoms with Gasteiger partial charge in [-0.05, 0) is 65.1 Å². The van der Waals surface area contributed by atoms with Crippen molar-refractivity contribution in [3.05, 3.63) is 49.8 Å². The van der Waals surface area contributed by atoms with Gasteiger partial charge in [0, 0.05) is 6.04 Å². The maximum Gasteiger partial charge on any atom is 0.416 e. The lowest BCUT2D eigenvalue weighted by Gasteiger charge is -2.26. The first-order valence-corrected chi connectivity index (χ1v) is 9.73. The Balaban J connectivity index is 1.50. The van der Waals surface area contributed by atoms with E-state index < -0.39 is 11.7 Å². The highest BCUT2D eigenvalue weighted by Gasteiger charge is 2.32. The molecule has 0 spiro atoms. The van der Waals surface area contributed by atoms with Crippen LogP contribution < -0.4 is 5.32 Å². The van der Waals surface area contributed by atoms with Gasteiger partial charge in [0.2, 0.25) is 0 Å². The number of alkyl halides is 3. The van der Waals surface area contributed by atoms with E-state index in [1.54, 1.807) is 10.7 Å². The minimum atomic E-state index is -4.36. The number of carbonyl (C=O) groups excluding carboxylic acids is 1. The van der Waals surface area contributed by atoms with Gasteiger partial charge in [-0.1, -0.05) is 6.07 Å². The number of nitrogens with zero attached hydrogens (tertiary/aromatic N) is 2. The third kappa shape index (κ3) is 3.71. The molecule has 1 N–H and O–H groups in total. The predicted octanol–water partition coefficient (Wildman–Crippen LogP) is 3.32. The molecule has 1 aromatic carbocycles. The average Bonchev–Trinajstić information content (AvgIpc) is 2.97. The Bertz CT molecular complexity index is 895. The molecule has 2 heterocycles. The van der Waals surface area contributed by atoms with Crippen LogP contribution in [0.1, 0.15) is 39.3 Å². The predicted molar refractivity (Wildman–Crippen MR) is 99.3 cm³/mol. The monoisotopic (exact) mass is 491 g/mol. The number of rotatable bonds is 2. The van der Waals surface area contributed by atoms with Crippen molar-refractivity contribution in [1.82, 2.24) is 15.1 Å². The fourth-order valence-corrected chi connectivity index (χ4v) is 4.36. The summed E-state index contributed by atoms with van der Waals surface area (Å²) in [4.78, 5) is 12.7. The number of carbonyl (C=O) groups is 1. The number of benzene rings is 1. The first kappa shape index (κ1) is 18.7. The third-order valence-corrected chi connectivity index (χ3v) is 6.13. The minimum Gasteiger partial charge on any atom is -0.373 e. The van der Waals surface area contributed by atoms with E-state index >= 15 is 0 Å². The molecule has 1 aromatic heterocycles. The molecule has 4 rings (SSSR count). The molecule has 1 aliphatic heterocycles. The van der Waals surface area contributed by atoms with E-state index in [4.69, 9.17) is 4.74 Å². The quantitative estimate of drug-likeness (QED) is 0.657. The highest BCUT2D eigenvalue weighted by Crippen LogP contribution is 2.32. The number of hydrogen-bond donors (Lipinski definition) is 1. The first-order chi connectivity index (χ1) is 12.8. The number of ether oxygens (including phenoxy) is 1. The third-order valence-electron chi connectivity index (χ3n) is 4.99. The smallest absolute Gasteiger partial charge is 0.373 e. The molecule has 1 aliphatic carbocycles. The molecule has 0 radical (unpaired) electrons. The lowest BCUT2D eigenvalue weighted by atomic mass is 9.87. The number of halogens is 4. The van der Waals surface area contributed by atoms with E-state index in [1.807, 2.05) is 0 Å². The number of nitrogens with one attached hydrogen (secondary N) is 1. The summed E-state index contributed by atoms with van der Waals surface area (Å²) in [6.07, 6.45) is -2.64. The van der Waals surface area contributed by atoms with E-state index in [9.17, 15) is 18.0 Å². The van der Waals surface area contributed by atoms with Crippen molar-refractivity contribution in [2.75, 3.05) is 6.61 Å². The Hall–Kier alpha value is -1.62. The summed E-state index contributed by atoms with van der Waals surface area (Å²) >= 11 is 2.09. The van der Waals surface area contributed by atoms with Crippen LogP contribution in [0.25, 0.3) is 0 Å². The van der Waals surface area contributed by atoms with Crippen LogP contribution in [0.2, 0.25) is 0 Å². The SMILES string of the molecule is O=C(N[C@H]1CCc2ccc(C(F)(F)F)cc2C1)c1nn2c(c1I)COCC2. The minimum absolute atomic E-state index is 0.209. The molecule has 0 saturated heterocycles. The summed E-state index contributed by atoms with van der Waals surface area (Å²) < 4.78 is 46.8. The van der Waals surface area contributed by atoms with Crippen LogP contribution in [-0.4, -0.2) is 28.3 Å². The molecular formula is C18H17F3IN3O2. The van der Waals surface area contributed by atoms with Gasteiger partial charge in [-0.3, -0.25) is 9.48 Å². The van der Waals surface area contributed by atoms with Crippen molar-refractivity contribution in [3.8, 4) is 0 Å². The zero-order valence-electron chi connectivity index (χ0n) is 14.3. The van der Waals surface area contributed by atoms with Gasteiger partial charge in [-0.25, -0.2) is 0 Å². The van der Waals surface area contributed by atoms with Crippen LogP contribution in [0.15, 0.2) is 18.2 Å². The topological polar surface area (TPSA) is 56.2 Å². The fraction of sp³-hybridized carbons (Fsp3) is 0.444. The molecule has 0 bridgehead atoms. The average molecular weight is 491 g/mol. The van der Waals surface area contributed by atoms with Crippen molar-refractivity contribution in [2.45, 2.75) is 44.6 Å². The summed E-state index contributed by atoms with van der Waals surface area (Å²) in [7, 11) is 0. The van der Waals surface area contributed by atoms with E-state index in [-0.39, 0.29) is 11.9 Å². The molecule has 9 heteroatoms. The van der Waals surface area contributed by atoms with Gasteiger partial charge in [-0.2, -0.15) is 18.3 Å². The number of aromatic nitrogens is 2. The molecule has 1 atom stereocenters. The highest BCUT2D eigenvalue weighted by atomic mass is 127. The van der Waals surface area contributed by atoms with Crippen LogP contribution in [0.3, 0.4) is 0 Å². The van der Waals surface area contributed by atoms with Gasteiger partial charge in [0.05, 0.1) is 34.6 Å². The normalized spacial score (nSPS) is 19.3. The Morgan fingerprint density at radius 2 is 2.15 bits per heavy atom. The van der Waals surface area contributed by atoms with Crippen molar-refractivity contribution >= 4 is 28.5 Å². The molecule has 0 unspecified atom stereocenters. The van der Waals surface area contributed by atoms with E-state index in [1.165, 1.54) is 6.07 Å². The van der Waals surface area contributed by atoms with Gasteiger partial charge >= 0.3 is 6.18 Å². The number of amides is 1. The lowest BCUT2D eigenvalue weighted by Crippen LogP contribution is -2.39. The van der Waals surface area contributed by atoms with Gasteiger partial charge in [0.25, 0.3) is 5.91 Å². The summed E-state index contributed by atoms with van der Waals surface area (Å²) in [5.74, 6) is -0.290. The van der Waals surface area contributed by atoms with Crippen molar-refractivity contribution < 1.29 is 22.7 Å². The maximum absolute atomic E-state index is 13.0. The van der Waals surface area contributed by atoms with Gasteiger partial charge < -0.3 is 10.1 Å². The lowest BCUT2D eigenvalue weighted by molar-refractivity contribution is -0.137. The molecule has 27 heavy (non-hydrogen) atoms. The number of fused-ring (bicyclic) bond motifs is 2. The summed E-state index contributed by atoms with van der Waals surface area (Å²) in [5.41, 5.74) is 2.15. The van der Waals surface area contributed by atoms with Crippen molar-refractivity contribution in [2.24, 2.45) is 0 Å². The summed E-state index contributed by atoms with van der Waals surface area (Å²) in [5, 5.41) is 7.32. The van der Waals surface area contributed by atoms with Crippen molar-refractivity contribution in [3.63, 3.8) is 0 Å². The van der Waals surface area contributed by atoms with E-state index in [0.717, 1.165) is 20.9 Å².